The zero-order valence-corrected chi connectivity index (χ0v) is 10.6. The van der Waals surface area contributed by atoms with Crippen molar-refractivity contribution in [2.75, 3.05) is 19.8 Å². The highest BCUT2D eigenvalue weighted by Crippen LogP contribution is 2.33. The molecular weight excluding hydrogens is 228 g/mol. The maximum atomic E-state index is 5.99. The van der Waals surface area contributed by atoms with Gasteiger partial charge in [-0.1, -0.05) is 0 Å². The summed E-state index contributed by atoms with van der Waals surface area (Å²) < 4.78 is 5.43. The van der Waals surface area contributed by atoms with Crippen LogP contribution in [0.5, 0.6) is 0 Å². The molecule has 3 N–H and O–H groups in total. The Morgan fingerprint density at radius 3 is 2.89 bits per heavy atom. The van der Waals surface area contributed by atoms with E-state index in [2.05, 4.69) is 21.9 Å². The number of hydrogen-bond acceptors (Lipinski definition) is 4. The first-order chi connectivity index (χ1) is 8.75. The van der Waals surface area contributed by atoms with E-state index >= 15 is 0 Å². The summed E-state index contributed by atoms with van der Waals surface area (Å²) in [4.78, 5) is 12.4. The molecule has 0 spiro atoms. The SMILES string of the molecule is Cc1ccnc2nc(C3(CN)CCOCC3)[nH]c12. The molecule has 0 unspecified atom stereocenters. The van der Waals surface area contributed by atoms with Gasteiger partial charge < -0.3 is 15.5 Å². The summed E-state index contributed by atoms with van der Waals surface area (Å²) in [5.41, 5.74) is 8.88. The van der Waals surface area contributed by atoms with Crippen molar-refractivity contribution in [2.24, 2.45) is 5.73 Å². The van der Waals surface area contributed by atoms with Crippen LogP contribution in [-0.4, -0.2) is 34.7 Å². The number of hydrogen-bond donors (Lipinski definition) is 2. The molecule has 0 aliphatic carbocycles. The lowest BCUT2D eigenvalue weighted by Gasteiger charge is -2.34. The average molecular weight is 246 g/mol. The highest BCUT2D eigenvalue weighted by atomic mass is 16.5. The lowest BCUT2D eigenvalue weighted by molar-refractivity contribution is 0.0503. The molecule has 3 heterocycles. The topological polar surface area (TPSA) is 76.8 Å². The largest absolute Gasteiger partial charge is 0.381 e. The quantitative estimate of drug-likeness (QED) is 0.836. The molecule has 0 saturated carbocycles. The zero-order valence-electron chi connectivity index (χ0n) is 10.6. The number of fused-ring (bicyclic) bond motifs is 1. The lowest BCUT2D eigenvalue weighted by atomic mass is 9.79. The predicted octanol–water partition coefficient (Wildman–Crippen LogP) is 1.27. The van der Waals surface area contributed by atoms with Gasteiger partial charge in [0.1, 0.15) is 5.82 Å². The number of rotatable bonds is 2. The second-order valence-electron chi connectivity index (χ2n) is 5.01. The van der Waals surface area contributed by atoms with Crippen LogP contribution in [-0.2, 0) is 10.2 Å². The van der Waals surface area contributed by atoms with Gasteiger partial charge in [0.15, 0.2) is 5.65 Å². The molecule has 0 atom stereocenters. The summed E-state index contributed by atoms with van der Waals surface area (Å²) in [6.45, 7) is 4.15. The van der Waals surface area contributed by atoms with Crippen molar-refractivity contribution in [3.05, 3.63) is 23.7 Å². The zero-order chi connectivity index (χ0) is 12.6. The molecule has 0 radical (unpaired) electrons. The Morgan fingerprint density at radius 2 is 2.22 bits per heavy atom. The number of H-pyrrole nitrogens is 1. The van der Waals surface area contributed by atoms with E-state index < -0.39 is 0 Å². The molecule has 0 bridgehead atoms. The third-order valence-electron chi connectivity index (χ3n) is 3.94. The van der Waals surface area contributed by atoms with Gasteiger partial charge in [-0.05, 0) is 31.4 Å². The number of pyridine rings is 1. The second-order valence-corrected chi connectivity index (χ2v) is 5.01. The highest BCUT2D eigenvalue weighted by molar-refractivity contribution is 5.74. The van der Waals surface area contributed by atoms with E-state index in [0.29, 0.717) is 6.54 Å². The molecule has 1 aliphatic heterocycles. The molecule has 1 fully saturated rings. The fraction of sp³-hybridized carbons (Fsp3) is 0.538. The van der Waals surface area contributed by atoms with Crippen molar-refractivity contribution in [3.63, 3.8) is 0 Å². The third-order valence-corrected chi connectivity index (χ3v) is 3.94. The molecule has 18 heavy (non-hydrogen) atoms. The van der Waals surface area contributed by atoms with Crippen LogP contribution in [0.4, 0.5) is 0 Å². The molecule has 2 aromatic rings. The molecule has 5 nitrogen and oxygen atoms in total. The number of aryl methyl sites for hydroxylation is 1. The van der Waals surface area contributed by atoms with Crippen LogP contribution in [0.1, 0.15) is 24.2 Å². The van der Waals surface area contributed by atoms with Gasteiger partial charge in [-0.2, -0.15) is 0 Å². The number of ether oxygens (including phenoxy) is 1. The van der Waals surface area contributed by atoms with Crippen LogP contribution in [0.2, 0.25) is 0 Å². The number of imidazole rings is 1. The highest BCUT2D eigenvalue weighted by Gasteiger charge is 2.36. The minimum Gasteiger partial charge on any atom is -0.381 e. The Labute approximate surface area is 106 Å². The lowest BCUT2D eigenvalue weighted by Crippen LogP contribution is -2.41. The van der Waals surface area contributed by atoms with Crippen LogP contribution in [0, 0.1) is 6.92 Å². The average Bonchev–Trinajstić information content (AvgIpc) is 2.85. The first kappa shape index (κ1) is 11.6. The van der Waals surface area contributed by atoms with Crippen molar-refractivity contribution in [2.45, 2.75) is 25.2 Å². The molecule has 2 aromatic heterocycles. The van der Waals surface area contributed by atoms with E-state index in [-0.39, 0.29) is 5.41 Å². The summed E-state index contributed by atoms with van der Waals surface area (Å²) in [7, 11) is 0. The second kappa shape index (κ2) is 4.33. The maximum Gasteiger partial charge on any atom is 0.177 e. The van der Waals surface area contributed by atoms with Crippen LogP contribution >= 0.6 is 0 Å². The van der Waals surface area contributed by atoms with Crippen molar-refractivity contribution < 1.29 is 4.74 Å². The molecular formula is C13H18N4O. The van der Waals surface area contributed by atoms with E-state index in [1.165, 1.54) is 0 Å². The van der Waals surface area contributed by atoms with Crippen molar-refractivity contribution >= 4 is 11.2 Å². The summed E-state index contributed by atoms with van der Waals surface area (Å²) in [6.07, 6.45) is 3.63. The molecule has 3 rings (SSSR count). The van der Waals surface area contributed by atoms with Crippen LogP contribution < -0.4 is 5.73 Å². The van der Waals surface area contributed by atoms with Gasteiger partial charge >= 0.3 is 0 Å². The summed E-state index contributed by atoms with van der Waals surface area (Å²) >= 11 is 0. The monoisotopic (exact) mass is 246 g/mol. The molecule has 96 valence electrons. The number of nitrogens with one attached hydrogen (secondary N) is 1. The van der Waals surface area contributed by atoms with Crippen LogP contribution in [0.15, 0.2) is 12.3 Å². The van der Waals surface area contributed by atoms with Gasteiger partial charge in [0.2, 0.25) is 0 Å². The van der Waals surface area contributed by atoms with Crippen LogP contribution in [0.3, 0.4) is 0 Å². The minimum absolute atomic E-state index is 0.0780. The summed E-state index contributed by atoms with van der Waals surface area (Å²) in [5.74, 6) is 0.963. The van der Waals surface area contributed by atoms with E-state index in [1.54, 1.807) is 6.20 Å². The van der Waals surface area contributed by atoms with Gasteiger partial charge in [-0.3, -0.25) is 0 Å². The first-order valence-electron chi connectivity index (χ1n) is 6.35. The minimum atomic E-state index is -0.0780. The smallest absolute Gasteiger partial charge is 0.177 e. The van der Waals surface area contributed by atoms with E-state index in [9.17, 15) is 0 Å². The standard InChI is InChI=1S/C13H18N4O/c1-9-2-5-15-11-10(9)16-12(17-11)13(8-14)3-6-18-7-4-13/h2,5H,3-4,6-8,14H2,1H3,(H,15,16,17). The van der Waals surface area contributed by atoms with Gasteiger partial charge in [0, 0.05) is 31.4 Å². The normalized spacial score (nSPS) is 19.2. The van der Waals surface area contributed by atoms with E-state index in [4.69, 9.17) is 10.5 Å². The van der Waals surface area contributed by atoms with E-state index in [1.807, 2.05) is 6.07 Å². The van der Waals surface area contributed by atoms with Crippen molar-refractivity contribution in [3.8, 4) is 0 Å². The third kappa shape index (κ3) is 1.71. The van der Waals surface area contributed by atoms with Gasteiger partial charge in [0.05, 0.1) is 5.52 Å². The Balaban J connectivity index is 2.09. The Bertz CT molecular complexity index is 557. The first-order valence-corrected chi connectivity index (χ1v) is 6.35. The fourth-order valence-electron chi connectivity index (χ4n) is 2.59. The molecule has 1 aliphatic rings. The van der Waals surface area contributed by atoms with Gasteiger partial charge in [-0.25, -0.2) is 9.97 Å². The molecule has 5 heteroatoms. The number of aromatic nitrogens is 3. The maximum absolute atomic E-state index is 5.99. The Kier molecular flexibility index (Phi) is 2.80. The summed E-state index contributed by atoms with van der Waals surface area (Å²) in [6, 6.07) is 1.99. The number of nitrogens with zero attached hydrogens (tertiary/aromatic N) is 2. The summed E-state index contributed by atoms with van der Waals surface area (Å²) in [5, 5.41) is 0. The van der Waals surface area contributed by atoms with Gasteiger partial charge in [0.25, 0.3) is 0 Å². The fourth-order valence-corrected chi connectivity index (χ4v) is 2.59. The Hall–Kier alpha value is -1.46. The molecule has 0 amide bonds. The number of nitrogens with two attached hydrogens (primary N) is 1. The molecule has 0 aromatic carbocycles. The van der Waals surface area contributed by atoms with Crippen molar-refractivity contribution in [1.29, 1.82) is 0 Å². The predicted molar refractivity (Wildman–Crippen MR) is 69.4 cm³/mol. The number of aromatic amines is 1. The van der Waals surface area contributed by atoms with E-state index in [0.717, 1.165) is 48.6 Å². The Morgan fingerprint density at radius 1 is 1.44 bits per heavy atom. The molecule has 1 saturated heterocycles. The van der Waals surface area contributed by atoms with Gasteiger partial charge in [-0.15, -0.1) is 0 Å². The van der Waals surface area contributed by atoms with Crippen LogP contribution in [0.25, 0.3) is 11.2 Å². The van der Waals surface area contributed by atoms with Crippen molar-refractivity contribution in [1.82, 2.24) is 15.0 Å².